The van der Waals surface area contributed by atoms with Gasteiger partial charge in [0.2, 0.25) is 0 Å². The molecule has 1 fully saturated rings. The number of hydrogen-bond acceptors (Lipinski definition) is 7. The summed E-state index contributed by atoms with van der Waals surface area (Å²) in [5.41, 5.74) is 1.88. The van der Waals surface area contributed by atoms with Gasteiger partial charge in [-0.3, -0.25) is 14.2 Å². The molecule has 1 amide bonds. The Hall–Kier alpha value is -3.82. The average Bonchev–Trinajstić information content (AvgIpc) is 3.42. The van der Waals surface area contributed by atoms with Crippen LogP contribution in [0.1, 0.15) is 35.1 Å². The Kier molecular flexibility index (Phi) is 6.43. The smallest absolute Gasteiger partial charge is 0.267 e. The quantitative estimate of drug-likeness (QED) is 0.444. The number of nitrogens with zero attached hydrogens (tertiary/aromatic N) is 5. The van der Waals surface area contributed by atoms with Crippen molar-refractivity contribution in [3.8, 4) is 5.69 Å². The Morgan fingerprint density at radius 2 is 1.91 bits per heavy atom. The molecule has 10 heteroatoms. The van der Waals surface area contributed by atoms with Crippen molar-refractivity contribution in [1.82, 2.24) is 29.7 Å². The van der Waals surface area contributed by atoms with Crippen molar-refractivity contribution in [2.45, 2.75) is 18.9 Å². The summed E-state index contributed by atoms with van der Waals surface area (Å²) in [6.45, 7) is 1.45. The summed E-state index contributed by atoms with van der Waals surface area (Å²) >= 11 is 6.26. The van der Waals surface area contributed by atoms with Gasteiger partial charge in [-0.2, -0.15) is 0 Å². The SMILES string of the molecule is CN1CNc2ncncc2C1=O.O=c1c2c(Cl)cccc2nc(C2CCCN2)n1-c1ccccc1. The molecule has 0 bridgehead atoms. The molecule has 178 valence electrons. The van der Waals surface area contributed by atoms with Crippen molar-refractivity contribution in [3.63, 3.8) is 0 Å². The van der Waals surface area contributed by atoms with Crippen LogP contribution >= 0.6 is 11.6 Å². The number of hydrogen-bond donors (Lipinski definition) is 2. The van der Waals surface area contributed by atoms with E-state index in [1.165, 1.54) is 12.5 Å². The van der Waals surface area contributed by atoms with E-state index in [1.54, 1.807) is 22.6 Å². The lowest BCUT2D eigenvalue weighted by Gasteiger charge is -2.24. The molecule has 9 nitrogen and oxygen atoms in total. The lowest BCUT2D eigenvalue weighted by Crippen LogP contribution is -2.37. The number of halogens is 1. The van der Waals surface area contributed by atoms with E-state index in [2.05, 4.69) is 20.6 Å². The number of carbonyl (C=O) groups excluding carboxylic acids is 1. The predicted molar refractivity (Wildman–Crippen MR) is 135 cm³/mol. The van der Waals surface area contributed by atoms with E-state index < -0.39 is 0 Å². The molecule has 2 aliphatic rings. The number of para-hydroxylation sites is 1. The van der Waals surface area contributed by atoms with Crippen molar-refractivity contribution in [3.05, 3.63) is 87.8 Å². The fourth-order valence-corrected chi connectivity index (χ4v) is 4.52. The third-order valence-electron chi connectivity index (χ3n) is 6.03. The molecule has 1 unspecified atom stereocenters. The van der Waals surface area contributed by atoms with Crippen molar-refractivity contribution in [2.75, 3.05) is 25.6 Å². The summed E-state index contributed by atoms with van der Waals surface area (Å²) in [4.78, 5) is 38.6. The van der Waals surface area contributed by atoms with Gasteiger partial charge < -0.3 is 15.5 Å². The first-order valence-corrected chi connectivity index (χ1v) is 11.7. The fraction of sp³-hybridized carbons (Fsp3) is 0.240. The highest BCUT2D eigenvalue weighted by Crippen LogP contribution is 2.26. The van der Waals surface area contributed by atoms with Crippen LogP contribution < -0.4 is 16.2 Å². The number of aromatic nitrogens is 4. The highest BCUT2D eigenvalue weighted by atomic mass is 35.5. The van der Waals surface area contributed by atoms with Gasteiger partial charge in [0.15, 0.2) is 0 Å². The second-order valence-corrected chi connectivity index (χ2v) is 8.76. The largest absolute Gasteiger partial charge is 0.352 e. The van der Waals surface area contributed by atoms with Crippen molar-refractivity contribution in [1.29, 1.82) is 0 Å². The zero-order valence-electron chi connectivity index (χ0n) is 19.1. The number of carbonyl (C=O) groups is 1. The molecule has 1 atom stereocenters. The standard InChI is InChI=1S/C18H16ClN3O.C7H8N4O/c19-13-8-4-9-14-16(13)18(23)22(12-6-2-1-3-7-12)17(21-14)15-10-5-11-20-15;1-11-4-10-6-5(7(11)12)2-8-3-9-6/h1-4,6-9,15,20H,5,10-11H2;2-3H,4H2,1H3,(H,8,9,10). The van der Waals surface area contributed by atoms with Crippen LogP contribution in [-0.2, 0) is 0 Å². The highest BCUT2D eigenvalue weighted by molar-refractivity contribution is 6.35. The molecule has 0 radical (unpaired) electrons. The monoisotopic (exact) mass is 489 g/mol. The Bertz CT molecular complexity index is 1440. The van der Waals surface area contributed by atoms with Gasteiger partial charge in [0.05, 0.1) is 34.3 Å². The lowest BCUT2D eigenvalue weighted by atomic mass is 10.1. The van der Waals surface area contributed by atoms with Crippen LogP contribution in [-0.4, -0.2) is 50.6 Å². The minimum Gasteiger partial charge on any atom is -0.352 e. The molecule has 0 saturated carbocycles. The van der Waals surface area contributed by atoms with Crippen LogP contribution in [0.3, 0.4) is 0 Å². The summed E-state index contributed by atoms with van der Waals surface area (Å²) in [5.74, 6) is 1.34. The third kappa shape index (κ3) is 4.48. The molecular formula is C25H24ClN7O2. The van der Waals surface area contributed by atoms with E-state index in [-0.39, 0.29) is 17.5 Å². The molecule has 4 aromatic rings. The zero-order chi connectivity index (χ0) is 24.4. The normalized spacial score (nSPS) is 16.9. The van der Waals surface area contributed by atoms with E-state index >= 15 is 0 Å². The second-order valence-electron chi connectivity index (χ2n) is 8.35. The summed E-state index contributed by atoms with van der Waals surface area (Å²) < 4.78 is 1.69. The van der Waals surface area contributed by atoms with Gasteiger partial charge in [-0.25, -0.2) is 15.0 Å². The lowest BCUT2D eigenvalue weighted by molar-refractivity contribution is 0.0795. The predicted octanol–water partition coefficient (Wildman–Crippen LogP) is 3.40. The van der Waals surface area contributed by atoms with Gasteiger partial charge in [0, 0.05) is 13.2 Å². The van der Waals surface area contributed by atoms with Crippen molar-refractivity contribution in [2.24, 2.45) is 0 Å². The van der Waals surface area contributed by atoms with Gasteiger partial charge in [-0.15, -0.1) is 0 Å². The second kappa shape index (κ2) is 9.81. The third-order valence-corrected chi connectivity index (χ3v) is 6.35. The highest BCUT2D eigenvalue weighted by Gasteiger charge is 2.24. The van der Waals surface area contributed by atoms with E-state index in [0.29, 0.717) is 34.0 Å². The molecule has 2 N–H and O–H groups in total. The molecule has 2 aliphatic heterocycles. The summed E-state index contributed by atoms with van der Waals surface area (Å²) in [5, 5.41) is 7.34. The molecule has 6 rings (SSSR count). The van der Waals surface area contributed by atoms with Gasteiger partial charge in [0.1, 0.15) is 23.5 Å². The number of benzene rings is 2. The first-order chi connectivity index (χ1) is 17.0. The Morgan fingerprint density at radius 1 is 1.09 bits per heavy atom. The van der Waals surface area contributed by atoms with Crippen LogP contribution in [0.15, 0.2) is 65.8 Å². The van der Waals surface area contributed by atoms with Gasteiger partial charge in [-0.1, -0.05) is 35.9 Å². The number of nitrogens with one attached hydrogen (secondary N) is 2. The Morgan fingerprint density at radius 3 is 2.69 bits per heavy atom. The number of fused-ring (bicyclic) bond motifs is 2. The summed E-state index contributed by atoms with van der Waals surface area (Å²) in [7, 11) is 1.73. The Labute approximate surface area is 206 Å². The van der Waals surface area contributed by atoms with E-state index in [0.717, 1.165) is 30.9 Å². The first kappa shape index (κ1) is 22.9. The van der Waals surface area contributed by atoms with Crippen LogP contribution in [0, 0.1) is 0 Å². The van der Waals surface area contributed by atoms with Gasteiger partial charge in [0.25, 0.3) is 11.5 Å². The first-order valence-electron chi connectivity index (χ1n) is 11.3. The van der Waals surface area contributed by atoms with Crippen LogP contribution in [0.4, 0.5) is 5.82 Å². The van der Waals surface area contributed by atoms with Crippen molar-refractivity contribution < 1.29 is 4.79 Å². The molecule has 0 aliphatic carbocycles. The van der Waals surface area contributed by atoms with Crippen LogP contribution in [0.2, 0.25) is 5.02 Å². The molecule has 4 heterocycles. The zero-order valence-corrected chi connectivity index (χ0v) is 19.9. The maximum atomic E-state index is 13.1. The number of rotatable bonds is 2. The molecule has 0 spiro atoms. The summed E-state index contributed by atoms with van der Waals surface area (Å²) in [6.07, 6.45) is 5.01. The average molecular weight is 490 g/mol. The molecular weight excluding hydrogens is 466 g/mol. The van der Waals surface area contributed by atoms with Crippen LogP contribution in [0.5, 0.6) is 0 Å². The molecule has 2 aromatic carbocycles. The van der Waals surface area contributed by atoms with Crippen molar-refractivity contribution >= 4 is 34.2 Å². The topological polar surface area (TPSA) is 105 Å². The minimum atomic E-state index is -0.115. The van der Waals surface area contributed by atoms with E-state index in [1.807, 2.05) is 42.5 Å². The molecule has 1 saturated heterocycles. The van der Waals surface area contributed by atoms with Crippen LogP contribution in [0.25, 0.3) is 16.6 Å². The fourth-order valence-electron chi connectivity index (χ4n) is 4.27. The van der Waals surface area contributed by atoms with Gasteiger partial charge in [-0.05, 0) is 43.7 Å². The van der Waals surface area contributed by atoms with E-state index in [9.17, 15) is 9.59 Å². The minimum absolute atomic E-state index is 0.0376. The van der Waals surface area contributed by atoms with E-state index in [4.69, 9.17) is 16.6 Å². The number of anilines is 1. The molecule has 2 aromatic heterocycles. The maximum Gasteiger partial charge on any atom is 0.267 e. The van der Waals surface area contributed by atoms with Gasteiger partial charge >= 0.3 is 0 Å². The maximum absolute atomic E-state index is 13.1. The Balaban J connectivity index is 0.000000178. The number of amides is 1. The molecule has 35 heavy (non-hydrogen) atoms. The summed E-state index contributed by atoms with van der Waals surface area (Å²) in [6, 6.07) is 15.1.